The van der Waals surface area contributed by atoms with Crippen LogP contribution in [-0.2, 0) is 17.7 Å². The Bertz CT molecular complexity index is 1030. The van der Waals surface area contributed by atoms with Gasteiger partial charge in [-0.05, 0) is 37.0 Å². The number of aliphatic hydroxyl groups is 1. The monoisotopic (exact) mass is 526 g/mol. The number of ether oxygens (including phenoxy) is 1. The first-order valence-electron chi connectivity index (χ1n) is 13.6. The van der Waals surface area contributed by atoms with Gasteiger partial charge in [0.2, 0.25) is 5.43 Å². The Labute approximate surface area is 227 Å². The Balaban J connectivity index is 0.00000172. The van der Waals surface area contributed by atoms with Crippen LogP contribution in [0, 0.1) is 5.41 Å². The van der Waals surface area contributed by atoms with E-state index >= 15 is 0 Å². The molecule has 0 aliphatic heterocycles. The number of hydrazone groups is 1. The standard InChI is InChI=1S/C26H36N6O2.C2H6.CH4O/c1-3-31(2)29-13-15-32-14-12-26(33)25(30-32)17-21-8-7-9-22(16-21)19-28-20-24(18-27)34-23-10-5-4-6-11-23;2*1-2/h7-9,12-14,16,18-19,23-24,27H,3-6,10-11,15,17,20H2,1-2H3;1-2H3;2H,1H3/b27-18?,28-19?,29-13-;;. The van der Waals surface area contributed by atoms with Crippen LogP contribution in [0.3, 0.4) is 0 Å². The van der Waals surface area contributed by atoms with E-state index in [1.165, 1.54) is 25.5 Å². The molecule has 3 rings (SSSR count). The summed E-state index contributed by atoms with van der Waals surface area (Å²) in [6, 6.07) is 9.49. The molecule has 1 atom stereocenters. The molecule has 1 saturated carbocycles. The first-order valence-corrected chi connectivity index (χ1v) is 13.6. The molecular formula is C29H46N6O3. The lowest BCUT2D eigenvalue weighted by Gasteiger charge is -2.24. The first-order chi connectivity index (χ1) is 18.6. The van der Waals surface area contributed by atoms with E-state index in [1.807, 2.05) is 63.3 Å². The van der Waals surface area contributed by atoms with Crippen LogP contribution in [0.4, 0.5) is 0 Å². The van der Waals surface area contributed by atoms with Gasteiger partial charge in [-0.25, -0.2) is 0 Å². The summed E-state index contributed by atoms with van der Waals surface area (Å²) in [7, 11) is 2.91. The quantitative estimate of drug-likeness (QED) is 0.318. The number of nitrogens with zero attached hydrogens (tertiary/aromatic N) is 5. The van der Waals surface area contributed by atoms with Gasteiger partial charge in [-0.1, -0.05) is 51.3 Å². The highest BCUT2D eigenvalue weighted by Gasteiger charge is 2.17. The lowest BCUT2D eigenvalue weighted by Crippen LogP contribution is -2.27. The van der Waals surface area contributed by atoms with E-state index in [0.717, 1.165) is 37.6 Å². The van der Waals surface area contributed by atoms with E-state index in [9.17, 15) is 4.79 Å². The second-order valence-corrected chi connectivity index (χ2v) is 8.64. The van der Waals surface area contributed by atoms with Crippen molar-refractivity contribution in [3.63, 3.8) is 0 Å². The molecule has 0 bridgehead atoms. The molecule has 0 spiro atoms. The fourth-order valence-electron chi connectivity index (χ4n) is 3.88. The minimum Gasteiger partial charge on any atom is -0.400 e. The van der Waals surface area contributed by atoms with Gasteiger partial charge in [0.05, 0.1) is 19.2 Å². The zero-order valence-corrected chi connectivity index (χ0v) is 23.7. The number of aromatic nitrogens is 2. The van der Waals surface area contributed by atoms with Gasteiger partial charge in [0.15, 0.2) is 0 Å². The number of hydrogen-bond donors (Lipinski definition) is 2. The maximum atomic E-state index is 12.4. The van der Waals surface area contributed by atoms with E-state index in [-0.39, 0.29) is 17.6 Å². The van der Waals surface area contributed by atoms with E-state index in [2.05, 4.69) is 15.2 Å². The Kier molecular flexibility index (Phi) is 17.2. The Morgan fingerprint density at radius 3 is 2.66 bits per heavy atom. The number of hydrogen-bond acceptors (Lipinski definition) is 8. The van der Waals surface area contributed by atoms with E-state index in [1.54, 1.807) is 23.2 Å². The van der Waals surface area contributed by atoms with Crippen LogP contribution in [-0.4, -0.2) is 78.0 Å². The first kappa shape index (κ1) is 32.9. The van der Waals surface area contributed by atoms with Crippen LogP contribution in [0.2, 0.25) is 0 Å². The molecule has 2 aromatic rings. The van der Waals surface area contributed by atoms with E-state index in [4.69, 9.17) is 15.3 Å². The van der Waals surface area contributed by atoms with Crippen molar-refractivity contribution in [2.24, 2.45) is 10.1 Å². The molecule has 1 fully saturated rings. The number of rotatable bonds is 12. The van der Waals surface area contributed by atoms with Crippen LogP contribution in [0.5, 0.6) is 0 Å². The highest BCUT2D eigenvalue weighted by molar-refractivity contribution is 5.80. The van der Waals surface area contributed by atoms with Crippen LogP contribution < -0.4 is 5.43 Å². The largest absolute Gasteiger partial charge is 0.400 e. The highest BCUT2D eigenvalue weighted by atomic mass is 16.5. The summed E-state index contributed by atoms with van der Waals surface area (Å²) in [5.41, 5.74) is 2.36. The van der Waals surface area contributed by atoms with Gasteiger partial charge in [-0.2, -0.15) is 10.2 Å². The van der Waals surface area contributed by atoms with Crippen molar-refractivity contribution in [1.29, 1.82) is 5.41 Å². The normalized spacial score (nSPS) is 14.4. The fourth-order valence-corrected chi connectivity index (χ4v) is 3.88. The Morgan fingerprint density at radius 1 is 1.24 bits per heavy atom. The minimum atomic E-state index is -0.282. The molecule has 2 N–H and O–H groups in total. The Morgan fingerprint density at radius 2 is 1.97 bits per heavy atom. The van der Waals surface area contributed by atoms with Gasteiger partial charge in [-0.15, -0.1) is 0 Å². The van der Waals surface area contributed by atoms with Gasteiger partial charge < -0.3 is 20.3 Å². The van der Waals surface area contributed by atoms with Gasteiger partial charge >= 0.3 is 0 Å². The van der Waals surface area contributed by atoms with Gasteiger partial charge in [0, 0.05) is 58.0 Å². The average Bonchev–Trinajstić information content (AvgIpc) is 2.97. The van der Waals surface area contributed by atoms with Crippen LogP contribution in [0.1, 0.15) is 69.7 Å². The maximum Gasteiger partial charge on any atom is 0.203 e. The lowest BCUT2D eigenvalue weighted by atomic mass is 9.97. The lowest BCUT2D eigenvalue weighted by molar-refractivity contribution is 0.00800. The van der Waals surface area contributed by atoms with Crippen molar-refractivity contribution in [3.8, 4) is 0 Å². The smallest absolute Gasteiger partial charge is 0.203 e. The van der Waals surface area contributed by atoms with Crippen molar-refractivity contribution >= 4 is 18.6 Å². The van der Waals surface area contributed by atoms with Crippen LogP contribution >= 0.6 is 0 Å². The maximum absolute atomic E-state index is 12.4. The predicted molar refractivity (Wildman–Crippen MR) is 157 cm³/mol. The summed E-state index contributed by atoms with van der Waals surface area (Å²) >= 11 is 0. The van der Waals surface area contributed by atoms with E-state index in [0.29, 0.717) is 25.2 Å². The summed E-state index contributed by atoms with van der Waals surface area (Å²) in [4.78, 5) is 16.9. The molecule has 1 unspecified atom stereocenters. The third-order valence-electron chi connectivity index (χ3n) is 5.89. The van der Waals surface area contributed by atoms with Crippen molar-refractivity contribution < 1.29 is 9.84 Å². The number of nitrogens with one attached hydrogen (secondary N) is 1. The van der Waals surface area contributed by atoms with Crippen molar-refractivity contribution in [2.45, 2.75) is 78.0 Å². The molecule has 0 saturated heterocycles. The van der Waals surface area contributed by atoms with E-state index < -0.39 is 0 Å². The molecule has 0 amide bonds. The van der Waals surface area contributed by atoms with Crippen molar-refractivity contribution in [3.05, 3.63) is 63.6 Å². The summed E-state index contributed by atoms with van der Waals surface area (Å²) in [6.07, 6.45) is 12.9. The van der Waals surface area contributed by atoms with Gasteiger partial charge in [0.25, 0.3) is 0 Å². The minimum absolute atomic E-state index is 0.0772. The summed E-state index contributed by atoms with van der Waals surface area (Å²) < 4.78 is 7.76. The van der Waals surface area contributed by atoms with Crippen molar-refractivity contribution in [1.82, 2.24) is 14.8 Å². The molecule has 1 aliphatic carbocycles. The average molecular weight is 527 g/mol. The summed E-state index contributed by atoms with van der Waals surface area (Å²) in [5.74, 6) is 0. The molecular weight excluding hydrogens is 480 g/mol. The molecule has 210 valence electrons. The fraction of sp³-hybridized carbons (Fsp3) is 0.552. The molecule has 38 heavy (non-hydrogen) atoms. The zero-order chi connectivity index (χ0) is 28.2. The second kappa shape index (κ2) is 19.9. The van der Waals surface area contributed by atoms with Crippen LogP contribution in [0.15, 0.2) is 51.4 Å². The molecule has 0 radical (unpaired) electrons. The van der Waals surface area contributed by atoms with Gasteiger partial charge in [-0.3, -0.25) is 14.5 Å². The molecule has 1 aromatic heterocycles. The van der Waals surface area contributed by atoms with Gasteiger partial charge in [0.1, 0.15) is 11.8 Å². The molecule has 1 aliphatic rings. The molecule has 9 heteroatoms. The highest BCUT2D eigenvalue weighted by Crippen LogP contribution is 2.21. The van der Waals surface area contributed by atoms with Crippen LogP contribution in [0.25, 0.3) is 0 Å². The Hall–Kier alpha value is -3.17. The zero-order valence-electron chi connectivity index (χ0n) is 23.7. The third kappa shape index (κ3) is 12.4. The summed E-state index contributed by atoms with van der Waals surface area (Å²) in [6.45, 7) is 7.79. The number of aliphatic hydroxyl groups excluding tert-OH is 1. The predicted octanol–water partition coefficient (Wildman–Crippen LogP) is 4.19. The molecule has 1 aromatic carbocycles. The summed E-state index contributed by atoms with van der Waals surface area (Å²) in [5, 5.41) is 25.3. The number of aliphatic imine (C=N–C) groups is 1. The third-order valence-corrected chi connectivity index (χ3v) is 5.89. The molecule has 9 nitrogen and oxygen atoms in total. The second-order valence-electron chi connectivity index (χ2n) is 8.64. The topological polar surface area (TPSA) is 116 Å². The SMILES string of the molecule is CC.CCN(C)/N=C\Cn1ccc(=O)c(Cc2cccc(C=NCC(C=N)OC3CCCCC3)c2)n1.CO. The number of benzene rings is 1. The molecule has 1 heterocycles. The van der Waals surface area contributed by atoms with Crippen molar-refractivity contribution in [2.75, 3.05) is 27.2 Å².